The van der Waals surface area contributed by atoms with Crippen molar-refractivity contribution in [1.29, 1.82) is 0 Å². The van der Waals surface area contributed by atoms with E-state index in [1.54, 1.807) is 12.1 Å². The molecule has 0 aliphatic heterocycles. The highest BCUT2D eigenvalue weighted by Crippen LogP contribution is 2.42. The zero-order valence-corrected chi connectivity index (χ0v) is 15.3. The molecular weight excluding hydrogens is 322 g/mol. The number of aromatic nitrogens is 1. The van der Waals surface area contributed by atoms with E-state index in [0.717, 1.165) is 4.70 Å². The first-order valence-corrected chi connectivity index (χ1v) is 8.38. The first-order chi connectivity index (χ1) is 9.97. The normalized spacial score (nSPS) is 15.1. The van der Waals surface area contributed by atoms with E-state index in [0.29, 0.717) is 22.0 Å². The molecule has 0 spiro atoms. The van der Waals surface area contributed by atoms with Crippen LogP contribution in [0.15, 0.2) is 12.1 Å². The highest BCUT2D eigenvalue weighted by Gasteiger charge is 2.27. The second-order valence-electron chi connectivity index (χ2n) is 6.60. The van der Waals surface area contributed by atoms with Gasteiger partial charge in [0.05, 0.1) is 10.8 Å². The van der Waals surface area contributed by atoms with Crippen LogP contribution in [0.5, 0.6) is 10.9 Å². The zero-order chi connectivity index (χ0) is 16.7. The van der Waals surface area contributed by atoms with E-state index in [4.69, 9.17) is 21.1 Å². The number of alkyl halides is 1. The zero-order valence-electron chi connectivity index (χ0n) is 13.7. The van der Waals surface area contributed by atoms with Crippen LogP contribution in [0.25, 0.3) is 10.2 Å². The van der Waals surface area contributed by atoms with Crippen molar-refractivity contribution in [2.75, 3.05) is 0 Å². The summed E-state index contributed by atoms with van der Waals surface area (Å²) in [6, 6.07) is 3.56. The lowest BCUT2D eigenvalue weighted by Gasteiger charge is -2.23. The number of rotatable bonds is 4. The predicted molar refractivity (Wildman–Crippen MR) is 91.2 cm³/mol. The van der Waals surface area contributed by atoms with E-state index in [9.17, 15) is 5.11 Å². The number of halogens is 1. The Bertz CT molecular complexity index is 668. The second-order valence-corrected chi connectivity index (χ2v) is 8.30. The Hall–Kier alpha value is -1.04. The summed E-state index contributed by atoms with van der Waals surface area (Å²) < 4.78 is 12.4. The third kappa shape index (κ3) is 4.03. The first kappa shape index (κ1) is 17.3. The average Bonchev–Trinajstić information content (AvgIpc) is 2.68. The second kappa shape index (κ2) is 5.87. The van der Waals surface area contributed by atoms with Gasteiger partial charge in [-0.15, -0.1) is 0 Å². The third-order valence-electron chi connectivity index (χ3n) is 2.73. The Balaban J connectivity index is 2.62. The maximum atomic E-state index is 10.2. The number of fused-ring (bicyclic) bond motifs is 1. The quantitative estimate of drug-likeness (QED) is 0.820. The molecule has 0 saturated carbocycles. The fourth-order valence-electron chi connectivity index (χ4n) is 1.99. The molecule has 1 heterocycles. The third-order valence-corrected chi connectivity index (χ3v) is 3.91. The highest BCUT2D eigenvalue weighted by atomic mass is 35.5. The van der Waals surface area contributed by atoms with Gasteiger partial charge in [0.25, 0.3) is 5.19 Å². The van der Waals surface area contributed by atoms with Gasteiger partial charge in [0, 0.05) is 5.56 Å². The van der Waals surface area contributed by atoms with Crippen LogP contribution in [0.1, 0.15) is 47.1 Å². The van der Waals surface area contributed by atoms with Crippen LogP contribution in [-0.2, 0) is 5.06 Å². The number of hydrogen-bond acceptors (Lipinski definition) is 5. The van der Waals surface area contributed by atoms with Gasteiger partial charge in [0.2, 0.25) is 0 Å². The number of ether oxygens (including phenoxy) is 2. The van der Waals surface area contributed by atoms with Gasteiger partial charge >= 0.3 is 0 Å². The minimum atomic E-state index is -1.47. The summed E-state index contributed by atoms with van der Waals surface area (Å²) in [6.07, 6.45) is 0.0208. The summed E-state index contributed by atoms with van der Waals surface area (Å²) in [5.41, 5.74) is 0.913. The van der Waals surface area contributed by atoms with E-state index >= 15 is 0 Å². The van der Waals surface area contributed by atoms with Gasteiger partial charge in [-0.3, -0.25) is 0 Å². The summed E-state index contributed by atoms with van der Waals surface area (Å²) in [5, 5.41) is 9.23. The van der Waals surface area contributed by atoms with Gasteiger partial charge in [-0.2, -0.15) is 4.98 Å². The van der Waals surface area contributed by atoms with Crippen LogP contribution in [0, 0.1) is 0 Å². The Labute approximate surface area is 140 Å². The Morgan fingerprint density at radius 2 is 1.86 bits per heavy atom. The largest absolute Gasteiger partial charge is 0.486 e. The van der Waals surface area contributed by atoms with Gasteiger partial charge in [-0.05, 0) is 53.7 Å². The Kier molecular flexibility index (Phi) is 4.62. The number of benzene rings is 1. The SMILES string of the molecule is CC(C)Oc1nc2c(OC(C)(C)C)ccc([C@](C)(O)Cl)c2s1. The van der Waals surface area contributed by atoms with Crippen LogP contribution in [0.2, 0.25) is 0 Å². The van der Waals surface area contributed by atoms with Crippen molar-refractivity contribution in [2.45, 2.75) is 58.3 Å². The van der Waals surface area contributed by atoms with E-state index in [1.807, 2.05) is 34.6 Å². The molecule has 0 unspecified atom stereocenters. The van der Waals surface area contributed by atoms with Crippen molar-refractivity contribution in [3.05, 3.63) is 17.7 Å². The monoisotopic (exact) mass is 343 g/mol. The molecule has 1 N–H and O–H groups in total. The van der Waals surface area contributed by atoms with Crippen molar-refractivity contribution >= 4 is 33.2 Å². The maximum Gasteiger partial charge on any atom is 0.274 e. The first-order valence-electron chi connectivity index (χ1n) is 7.18. The molecule has 2 rings (SSSR count). The van der Waals surface area contributed by atoms with Gasteiger partial charge in [0.15, 0.2) is 5.06 Å². The van der Waals surface area contributed by atoms with Crippen molar-refractivity contribution in [3.63, 3.8) is 0 Å². The molecule has 122 valence electrons. The lowest BCUT2D eigenvalue weighted by Crippen LogP contribution is -2.23. The molecule has 0 aliphatic carbocycles. The molecule has 6 heteroatoms. The van der Waals surface area contributed by atoms with Crippen LogP contribution >= 0.6 is 22.9 Å². The lowest BCUT2D eigenvalue weighted by molar-refractivity contribution is 0.132. The molecule has 0 saturated heterocycles. The highest BCUT2D eigenvalue weighted by molar-refractivity contribution is 7.20. The maximum absolute atomic E-state index is 10.2. The molecule has 0 amide bonds. The summed E-state index contributed by atoms with van der Waals surface area (Å²) >= 11 is 7.45. The Morgan fingerprint density at radius 3 is 2.36 bits per heavy atom. The number of aliphatic hydroxyl groups is 1. The summed E-state index contributed by atoms with van der Waals surface area (Å²) in [4.78, 5) is 4.51. The smallest absolute Gasteiger partial charge is 0.274 e. The van der Waals surface area contributed by atoms with Crippen LogP contribution in [0.3, 0.4) is 0 Å². The summed E-state index contributed by atoms with van der Waals surface area (Å²) in [5.74, 6) is 0.655. The minimum Gasteiger partial charge on any atom is -0.486 e. The lowest BCUT2D eigenvalue weighted by atomic mass is 10.1. The fourth-order valence-corrected chi connectivity index (χ4v) is 3.37. The van der Waals surface area contributed by atoms with Gasteiger partial charge in [-0.25, -0.2) is 0 Å². The van der Waals surface area contributed by atoms with Crippen LogP contribution in [0.4, 0.5) is 0 Å². The van der Waals surface area contributed by atoms with Gasteiger partial charge in [0.1, 0.15) is 16.9 Å². The molecule has 1 aromatic carbocycles. The Morgan fingerprint density at radius 1 is 1.23 bits per heavy atom. The summed E-state index contributed by atoms with van der Waals surface area (Å²) in [6.45, 7) is 11.3. The fraction of sp³-hybridized carbons (Fsp3) is 0.562. The molecule has 0 fully saturated rings. The van der Waals surface area contributed by atoms with E-state index in [-0.39, 0.29) is 11.7 Å². The number of nitrogens with zero attached hydrogens (tertiary/aromatic N) is 1. The summed E-state index contributed by atoms with van der Waals surface area (Å²) in [7, 11) is 0. The minimum absolute atomic E-state index is 0.0208. The van der Waals surface area contributed by atoms with E-state index in [2.05, 4.69) is 4.98 Å². The number of hydrogen-bond donors (Lipinski definition) is 1. The predicted octanol–water partition coefficient (Wildman–Crippen LogP) is 4.66. The van der Waals surface area contributed by atoms with Gasteiger partial charge < -0.3 is 14.6 Å². The van der Waals surface area contributed by atoms with Crippen LogP contribution < -0.4 is 9.47 Å². The standard InChI is InChI=1S/C16H22ClNO3S/c1-9(2)20-14-18-12-11(21-15(3,4)5)8-7-10(13(12)22-14)16(6,17)19/h7-9,19H,1-6H3/t16-/m0/s1. The molecular formula is C16H22ClNO3S. The molecule has 0 aliphatic rings. The molecule has 22 heavy (non-hydrogen) atoms. The van der Waals surface area contributed by atoms with Crippen molar-refractivity contribution in [1.82, 2.24) is 4.98 Å². The average molecular weight is 344 g/mol. The van der Waals surface area contributed by atoms with Crippen molar-refractivity contribution < 1.29 is 14.6 Å². The number of thiazole rings is 1. The van der Waals surface area contributed by atoms with Gasteiger partial charge in [-0.1, -0.05) is 22.9 Å². The molecule has 0 bridgehead atoms. The molecule has 0 radical (unpaired) electrons. The molecule has 4 nitrogen and oxygen atoms in total. The van der Waals surface area contributed by atoms with Crippen molar-refractivity contribution in [2.24, 2.45) is 0 Å². The van der Waals surface area contributed by atoms with E-state index in [1.165, 1.54) is 18.3 Å². The molecule has 1 atom stereocenters. The van der Waals surface area contributed by atoms with Crippen molar-refractivity contribution in [3.8, 4) is 10.9 Å². The molecule has 1 aromatic heterocycles. The van der Waals surface area contributed by atoms with E-state index < -0.39 is 5.06 Å². The topological polar surface area (TPSA) is 51.6 Å². The molecule has 2 aromatic rings. The van der Waals surface area contributed by atoms with Crippen LogP contribution in [-0.4, -0.2) is 21.8 Å².